The monoisotopic (exact) mass is 991 g/mol. The third-order valence-corrected chi connectivity index (χ3v) is 16.5. The summed E-state index contributed by atoms with van der Waals surface area (Å²) in [6.45, 7) is 0. The number of benzene rings is 12. The molecule has 0 bridgehead atoms. The standard InChI is InChI=1S/C73H45N5/c1-3-19-48-39-50(35-33-46(48)17-1)63-44-55(45-64(74-63)51-36-34-47-18-2-4-20-49(47)40-51)78-69-31-15-9-25-60(69)61-37-38-71-72(73(61)78)62-26-10-16-32-70(62)77(71)54-42-52(75-65-27-11-5-21-56(65)57-22-6-12-28-66(57)75)41-53(43-54)76-67-29-13-7-23-58(67)59-24-8-14-30-68(59)76/h1-45H. The molecule has 362 valence electrons. The van der Waals surface area contributed by atoms with Gasteiger partial charge in [0.05, 0.1) is 78.3 Å². The lowest BCUT2D eigenvalue weighted by molar-refractivity contribution is 1.10. The largest absolute Gasteiger partial charge is 0.309 e. The predicted molar refractivity (Wildman–Crippen MR) is 327 cm³/mol. The van der Waals surface area contributed by atoms with Gasteiger partial charge in [0.25, 0.3) is 0 Å². The van der Waals surface area contributed by atoms with E-state index < -0.39 is 0 Å². The third-order valence-electron chi connectivity index (χ3n) is 16.5. The predicted octanol–water partition coefficient (Wildman–Crippen LogP) is 19.1. The van der Waals surface area contributed by atoms with E-state index in [1.54, 1.807) is 0 Å². The number of hydrogen-bond donors (Lipinski definition) is 0. The number of aromatic nitrogens is 5. The lowest BCUT2D eigenvalue weighted by Crippen LogP contribution is -2.03. The molecule has 0 atom stereocenters. The van der Waals surface area contributed by atoms with Crippen molar-refractivity contribution in [3.63, 3.8) is 0 Å². The van der Waals surface area contributed by atoms with E-state index in [4.69, 9.17) is 4.98 Å². The van der Waals surface area contributed by atoms with Crippen molar-refractivity contribution in [2.24, 2.45) is 0 Å². The highest BCUT2D eigenvalue weighted by molar-refractivity contribution is 6.26. The Morgan fingerprint density at radius 2 is 0.551 bits per heavy atom. The molecule has 0 aliphatic rings. The Morgan fingerprint density at radius 1 is 0.218 bits per heavy atom. The van der Waals surface area contributed by atoms with Crippen molar-refractivity contribution < 1.29 is 0 Å². The smallest absolute Gasteiger partial charge is 0.0730 e. The van der Waals surface area contributed by atoms with Crippen LogP contribution in [0.25, 0.3) is 154 Å². The first-order valence-corrected chi connectivity index (χ1v) is 26.8. The van der Waals surface area contributed by atoms with Crippen LogP contribution in [0.15, 0.2) is 273 Å². The second-order valence-electron chi connectivity index (χ2n) is 20.7. The van der Waals surface area contributed by atoms with E-state index in [1.807, 2.05) is 0 Å². The lowest BCUT2D eigenvalue weighted by Gasteiger charge is -2.17. The molecule has 5 heteroatoms. The summed E-state index contributed by atoms with van der Waals surface area (Å²) < 4.78 is 9.94. The van der Waals surface area contributed by atoms with Gasteiger partial charge in [-0.05, 0) is 106 Å². The Morgan fingerprint density at radius 3 is 1.00 bits per heavy atom. The van der Waals surface area contributed by atoms with Gasteiger partial charge in [0.1, 0.15) is 0 Å². The molecule has 0 aliphatic carbocycles. The van der Waals surface area contributed by atoms with Crippen LogP contribution < -0.4 is 0 Å². The van der Waals surface area contributed by atoms with E-state index in [0.29, 0.717) is 0 Å². The van der Waals surface area contributed by atoms with Gasteiger partial charge < -0.3 is 18.3 Å². The molecule has 0 saturated carbocycles. The first-order valence-electron chi connectivity index (χ1n) is 26.8. The van der Waals surface area contributed by atoms with E-state index >= 15 is 0 Å². The molecular weight excluding hydrogens is 947 g/mol. The molecule has 0 unspecified atom stereocenters. The maximum atomic E-state index is 5.53. The number of rotatable bonds is 6. The summed E-state index contributed by atoms with van der Waals surface area (Å²) in [4.78, 5) is 5.53. The summed E-state index contributed by atoms with van der Waals surface area (Å²) in [6.07, 6.45) is 0. The number of fused-ring (bicyclic) bond motifs is 15. The van der Waals surface area contributed by atoms with Crippen LogP contribution >= 0.6 is 0 Å². The molecule has 5 nitrogen and oxygen atoms in total. The zero-order chi connectivity index (χ0) is 51.0. The fraction of sp³-hybridized carbons (Fsp3) is 0. The average Bonchev–Trinajstić information content (AvgIpc) is 4.44. The van der Waals surface area contributed by atoms with Gasteiger partial charge in [0.15, 0.2) is 0 Å². The number of hydrogen-bond acceptors (Lipinski definition) is 1. The fourth-order valence-electron chi connectivity index (χ4n) is 13.1. The van der Waals surface area contributed by atoms with Gasteiger partial charge in [0.2, 0.25) is 0 Å². The van der Waals surface area contributed by atoms with Crippen LogP contribution in [0.1, 0.15) is 0 Å². The molecule has 0 spiro atoms. The van der Waals surface area contributed by atoms with Crippen molar-refractivity contribution in [3.05, 3.63) is 273 Å². The van der Waals surface area contributed by atoms with Crippen LogP contribution in [0.5, 0.6) is 0 Å². The Balaban J connectivity index is 0.979. The summed E-state index contributed by atoms with van der Waals surface area (Å²) in [5.41, 5.74) is 17.5. The van der Waals surface area contributed by atoms with Crippen molar-refractivity contribution in [3.8, 4) is 45.3 Å². The SMILES string of the molecule is c1ccc2cc(-c3cc(-n4c5ccccc5c5ccc6c(c7ccccc7n6-c6cc(-n7c8ccccc8c8ccccc87)cc(-n7c8ccccc8c8ccccc87)c6)c54)cc(-c4ccc5ccccc5c4)n3)ccc2c1. The number of para-hydroxylation sites is 6. The van der Waals surface area contributed by atoms with Crippen LogP contribution in [0.2, 0.25) is 0 Å². The fourth-order valence-corrected chi connectivity index (χ4v) is 13.1. The molecule has 78 heavy (non-hydrogen) atoms. The summed E-state index contributed by atoms with van der Waals surface area (Å²) >= 11 is 0. The molecule has 0 aliphatic heterocycles. The van der Waals surface area contributed by atoms with Crippen molar-refractivity contribution in [2.75, 3.05) is 0 Å². The van der Waals surface area contributed by atoms with E-state index in [-0.39, 0.29) is 0 Å². The maximum absolute atomic E-state index is 5.53. The lowest BCUT2D eigenvalue weighted by atomic mass is 10.0. The van der Waals surface area contributed by atoms with Crippen LogP contribution in [-0.4, -0.2) is 23.3 Å². The zero-order valence-corrected chi connectivity index (χ0v) is 42.2. The van der Waals surface area contributed by atoms with E-state index in [2.05, 4.69) is 291 Å². The summed E-state index contributed by atoms with van der Waals surface area (Å²) in [7, 11) is 0. The Hall–Kier alpha value is -10.5. The van der Waals surface area contributed by atoms with E-state index in [1.165, 1.54) is 86.7 Å². The van der Waals surface area contributed by atoms with Gasteiger partial charge in [0, 0.05) is 54.2 Å². The van der Waals surface area contributed by atoms with Crippen LogP contribution in [0, 0.1) is 0 Å². The van der Waals surface area contributed by atoms with Gasteiger partial charge in [-0.3, -0.25) is 0 Å². The molecule has 12 aromatic carbocycles. The molecule has 17 aromatic rings. The van der Waals surface area contributed by atoms with Crippen LogP contribution in [-0.2, 0) is 0 Å². The molecule has 0 fully saturated rings. The highest BCUT2D eigenvalue weighted by Gasteiger charge is 2.24. The summed E-state index contributed by atoms with van der Waals surface area (Å²) in [5, 5.41) is 14.5. The quantitative estimate of drug-likeness (QED) is 0.163. The van der Waals surface area contributed by atoms with Crippen molar-refractivity contribution >= 4 is 109 Å². The minimum absolute atomic E-state index is 0.918. The van der Waals surface area contributed by atoms with Crippen LogP contribution in [0.4, 0.5) is 0 Å². The molecule has 5 heterocycles. The molecule has 17 rings (SSSR count). The Kier molecular flexibility index (Phi) is 9.06. The molecule has 5 aromatic heterocycles. The van der Waals surface area contributed by atoms with Crippen molar-refractivity contribution in [1.82, 2.24) is 23.3 Å². The maximum Gasteiger partial charge on any atom is 0.0730 e. The van der Waals surface area contributed by atoms with E-state index in [0.717, 1.165) is 67.3 Å². The first-order chi connectivity index (χ1) is 38.7. The first kappa shape index (κ1) is 42.8. The van der Waals surface area contributed by atoms with Gasteiger partial charge in [-0.1, -0.05) is 188 Å². The van der Waals surface area contributed by atoms with E-state index in [9.17, 15) is 0 Å². The molecule has 0 radical (unpaired) electrons. The molecule has 0 N–H and O–H groups in total. The molecule has 0 saturated heterocycles. The minimum atomic E-state index is 0.918. The second-order valence-corrected chi connectivity index (χ2v) is 20.7. The molecular formula is C73H45N5. The second kappa shape index (κ2) is 16.5. The van der Waals surface area contributed by atoms with Gasteiger partial charge in [-0.2, -0.15) is 0 Å². The average molecular weight is 992 g/mol. The number of nitrogens with zero attached hydrogens (tertiary/aromatic N) is 5. The molecule has 0 amide bonds. The van der Waals surface area contributed by atoms with Crippen molar-refractivity contribution in [2.45, 2.75) is 0 Å². The van der Waals surface area contributed by atoms with Gasteiger partial charge in [-0.15, -0.1) is 0 Å². The Labute approximate surface area is 447 Å². The van der Waals surface area contributed by atoms with Gasteiger partial charge >= 0.3 is 0 Å². The minimum Gasteiger partial charge on any atom is -0.309 e. The highest BCUT2D eigenvalue weighted by atomic mass is 15.1. The van der Waals surface area contributed by atoms with Crippen molar-refractivity contribution in [1.29, 1.82) is 0 Å². The Bertz CT molecular complexity index is 5020. The summed E-state index contributed by atoms with van der Waals surface area (Å²) in [5.74, 6) is 0. The summed E-state index contributed by atoms with van der Waals surface area (Å²) in [6, 6.07) is 100. The third kappa shape index (κ3) is 6.27. The number of pyridine rings is 1. The highest BCUT2D eigenvalue weighted by Crippen LogP contribution is 2.45. The topological polar surface area (TPSA) is 32.6 Å². The normalized spacial score (nSPS) is 12.1. The zero-order valence-electron chi connectivity index (χ0n) is 42.2. The van der Waals surface area contributed by atoms with Gasteiger partial charge in [-0.25, -0.2) is 4.98 Å². The van der Waals surface area contributed by atoms with Crippen LogP contribution in [0.3, 0.4) is 0 Å².